The van der Waals surface area contributed by atoms with Gasteiger partial charge in [-0.05, 0) is 74.5 Å². The van der Waals surface area contributed by atoms with Crippen molar-refractivity contribution >= 4 is 76.0 Å². The Morgan fingerprint density at radius 3 is 1.87 bits per heavy atom. The van der Waals surface area contributed by atoms with E-state index in [1.165, 1.54) is 58.9 Å². The van der Waals surface area contributed by atoms with Gasteiger partial charge in [0.2, 0.25) is 0 Å². The topological polar surface area (TPSA) is 43.1 Å². The third kappa shape index (κ3) is 4.22. The maximum absolute atomic E-state index is 10.8. The zero-order chi connectivity index (χ0) is 26.3. The first kappa shape index (κ1) is 25.4. The van der Waals surface area contributed by atoms with Crippen LogP contribution in [0.1, 0.15) is 22.3 Å². The van der Waals surface area contributed by atoms with Gasteiger partial charge in [0.1, 0.15) is 4.08 Å². The highest BCUT2D eigenvalue weighted by Gasteiger charge is 2.55. The summed E-state index contributed by atoms with van der Waals surface area (Å²) in [5.74, 6) is 0. The number of benzene rings is 3. The van der Waals surface area contributed by atoms with Crippen LogP contribution in [-0.2, 0) is 0 Å². The minimum atomic E-state index is -0.386. The zero-order valence-electron chi connectivity index (χ0n) is 20.7. The highest BCUT2D eigenvalue weighted by Crippen LogP contribution is 2.71. The van der Waals surface area contributed by atoms with Gasteiger partial charge in [-0.1, -0.05) is 96.4 Å². The Morgan fingerprint density at radius 2 is 1.29 bits per heavy atom. The van der Waals surface area contributed by atoms with Crippen molar-refractivity contribution in [2.45, 2.75) is 4.08 Å². The quantitative estimate of drug-likeness (QED) is 0.166. The number of nitro groups is 1. The zero-order valence-corrected chi connectivity index (χ0v) is 24.0. The molecular formula is C31H23NO2S4. The van der Waals surface area contributed by atoms with Crippen LogP contribution in [0.5, 0.6) is 0 Å². The molecule has 0 radical (unpaired) electrons. The van der Waals surface area contributed by atoms with Crippen molar-refractivity contribution in [3.8, 4) is 0 Å². The fourth-order valence-electron chi connectivity index (χ4n) is 5.12. The predicted molar refractivity (Wildman–Crippen MR) is 169 cm³/mol. The Kier molecular flexibility index (Phi) is 6.95. The molecule has 1 heterocycles. The number of rotatable bonds is 7. The van der Waals surface area contributed by atoms with Crippen LogP contribution in [0.3, 0.4) is 0 Å². The standard InChI is InChI=1S/C31H23NO2S4/c1-35-29-30(36-2)38-31(37-29)27-23-11-7-8-12-24(23)28(31)26-19-21(15-18-25(26)27)10-6-4-3-5-9-20-13-16-22(17-14-20)32(33)34/h3-19H,1-2H3/b4-3+,9-5+,10-6+. The van der Waals surface area contributed by atoms with E-state index in [2.05, 4.69) is 67.1 Å². The molecule has 0 unspecified atom stereocenters. The van der Waals surface area contributed by atoms with Gasteiger partial charge in [0, 0.05) is 12.1 Å². The van der Waals surface area contributed by atoms with E-state index in [9.17, 15) is 10.1 Å². The molecule has 3 aromatic carbocycles. The van der Waals surface area contributed by atoms with E-state index in [1.807, 2.05) is 71.4 Å². The number of non-ortho nitro benzene ring substituents is 1. The van der Waals surface area contributed by atoms with Gasteiger partial charge in [-0.2, -0.15) is 0 Å². The summed E-state index contributed by atoms with van der Waals surface area (Å²) < 4.78 is 2.75. The SMILES string of the molecule is CSC1=C(SC)SC2(S1)C1=c3ccc(/C=C/C=C/C=C/c4ccc([N+](=O)[O-])cc4)cc3=C2c2ccccc21. The van der Waals surface area contributed by atoms with Crippen molar-refractivity contribution in [2.24, 2.45) is 0 Å². The summed E-state index contributed by atoms with van der Waals surface area (Å²) in [5.41, 5.74) is 7.85. The lowest BCUT2D eigenvalue weighted by molar-refractivity contribution is -0.384. The van der Waals surface area contributed by atoms with E-state index in [0.717, 1.165) is 5.56 Å². The number of fused-ring (bicyclic) bond motifs is 4. The average Bonchev–Trinajstić information content (AvgIpc) is 3.54. The van der Waals surface area contributed by atoms with E-state index >= 15 is 0 Å². The molecule has 0 N–H and O–H groups in total. The van der Waals surface area contributed by atoms with E-state index in [1.54, 1.807) is 12.1 Å². The van der Waals surface area contributed by atoms with E-state index in [0.29, 0.717) is 0 Å². The van der Waals surface area contributed by atoms with Crippen molar-refractivity contribution in [3.05, 3.63) is 142 Å². The molecule has 3 aliphatic rings. The Hall–Kier alpha value is -2.84. The Bertz CT molecular complexity index is 1700. The molecule has 0 saturated heterocycles. The molecule has 7 heteroatoms. The largest absolute Gasteiger partial charge is 0.269 e. The number of hydrogen-bond acceptors (Lipinski definition) is 6. The van der Waals surface area contributed by atoms with Crippen LogP contribution in [0.4, 0.5) is 5.69 Å². The van der Waals surface area contributed by atoms with Crippen LogP contribution in [0.25, 0.3) is 23.3 Å². The summed E-state index contributed by atoms with van der Waals surface area (Å²) >= 11 is 7.76. The van der Waals surface area contributed by atoms with Crippen LogP contribution in [0.15, 0.2) is 99.5 Å². The normalized spacial score (nSPS) is 17.1. The van der Waals surface area contributed by atoms with Gasteiger partial charge in [-0.25, -0.2) is 0 Å². The van der Waals surface area contributed by atoms with Gasteiger partial charge >= 0.3 is 0 Å². The Morgan fingerprint density at radius 1 is 0.737 bits per heavy atom. The van der Waals surface area contributed by atoms with Crippen molar-refractivity contribution in [2.75, 3.05) is 12.5 Å². The second-order valence-electron chi connectivity index (χ2n) is 8.86. The van der Waals surface area contributed by atoms with Crippen LogP contribution in [-0.4, -0.2) is 21.5 Å². The lowest BCUT2D eigenvalue weighted by atomic mass is 9.98. The van der Waals surface area contributed by atoms with Gasteiger partial charge in [0.25, 0.3) is 5.69 Å². The monoisotopic (exact) mass is 569 g/mol. The summed E-state index contributed by atoms with van der Waals surface area (Å²) in [7, 11) is 0. The predicted octanol–water partition coefficient (Wildman–Crippen LogP) is 7.63. The first-order valence-corrected chi connectivity index (χ1v) is 16.1. The van der Waals surface area contributed by atoms with Gasteiger partial charge in [0.05, 0.1) is 13.4 Å². The van der Waals surface area contributed by atoms with Gasteiger partial charge in [-0.15, -0.1) is 23.5 Å². The number of nitro benzene ring substituents is 1. The second-order valence-corrected chi connectivity index (χ2v) is 13.7. The van der Waals surface area contributed by atoms with Crippen molar-refractivity contribution in [1.82, 2.24) is 0 Å². The Labute approximate surface area is 238 Å². The molecule has 0 fully saturated rings. The molecule has 2 aliphatic carbocycles. The first-order valence-electron chi connectivity index (χ1n) is 12.0. The summed E-state index contributed by atoms with van der Waals surface area (Å²) in [4.78, 5) is 10.4. The highest BCUT2D eigenvalue weighted by molar-refractivity contribution is 8.38. The van der Waals surface area contributed by atoms with Crippen LogP contribution in [0.2, 0.25) is 0 Å². The van der Waals surface area contributed by atoms with Crippen molar-refractivity contribution < 1.29 is 4.92 Å². The van der Waals surface area contributed by atoms with E-state index in [-0.39, 0.29) is 14.7 Å². The molecule has 0 amide bonds. The molecule has 1 aliphatic heterocycles. The average molecular weight is 570 g/mol. The lowest BCUT2D eigenvalue weighted by Crippen LogP contribution is -2.27. The summed E-state index contributed by atoms with van der Waals surface area (Å²) in [6.45, 7) is 0. The molecule has 1 spiro atoms. The molecule has 3 nitrogen and oxygen atoms in total. The fraction of sp³-hybridized carbons (Fsp3) is 0.0968. The molecule has 6 rings (SSSR count). The number of thioether (sulfide) groups is 4. The number of allylic oxidation sites excluding steroid dienone is 4. The van der Waals surface area contributed by atoms with E-state index < -0.39 is 0 Å². The van der Waals surface area contributed by atoms with Crippen molar-refractivity contribution in [3.63, 3.8) is 0 Å². The second kappa shape index (κ2) is 10.4. The maximum atomic E-state index is 10.8. The molecule has 0 saturated carbocycles. The third-order valence-electron chi connectivity index (χ3n) is 6.73. The maximum Gasteiger partial charge on any atom is 0.269 e. The molecule has 0 atom stereocenters. The third-order valence-corrected chi connectivity index (χ3v) is 12.6. The van der Waals surface area contributed by atoms with Gasteiger partial charge < -0.3 is 0 Å². The van der Waals surface area contributed by atoms with E-state index in [4.69, 9.17) is 0 Å². The highest BCUT2D eigenvalue weighted by atomic mass is 32.3. The molecule has 188 valence electrons. The lowest BCUT2D eigenvalue weighted by Gasteiger charge is -2.23. The summed E-state index contributed by atoms with van der Waals surface area (Å²) in [6, 6.07) is 22.2. The molecule has 38 heavy (non-hydrogen) atoms. The molecule has 3 aromatic rings. The smallest absolute Gasteiger partial charge is 0.258 e. The summed E-state index contributed by atoms with van der Waals surface area (Å²) in [6.07, 6.45) is 16.4. The fourth-order valence-corrected chi connectivity index (χ4v) is 11.3. The minimum Gasteiger partial charge on any atom is -0.258 e. The van der Waals surface area contributed by atoms with Crippen LogP contribution < -0.4 is 10.4 Å². The number of hydrogen-bond donors (Lipinski definition) is 0. The van der Waals surface area contributed by atoms with Gasteiger partial charge in [0.15, 0.2) is 0 Å². The number of nitrogens with zero attached hydrogens (tertiary/aromatic N) is 1. The molecule has 2 bridgehead atoms. The molecular weight excluding hydrogens is 547 g/mol. The summed E-state index contributed by atoms with van der Waals surface area (Å²) in [5, 5.41) is 13.5. The first-order chi connectivity index (χ1) is 18.6. The molecule has 0 aromatic heterocycles. The van der Waals surface area contributed by atoms with Crippen molar-refractivity contribution in [1.29, 1.82) is 0 Å². The van der Waals surface area contributed by atoms with Crippen LogP contribution in [0, 0.1) is 10.1 Å². The van der Waals surface area contributed by atoms with Crippen LogP contribution >= 0.6 is 47.0 Å². The van der Waals surface area contributed by atoms with Gasteiger partial charge in [-0.3, -0.25) is 10.1 Å². The minimum absolute atomic E-state index is 0.0897. The Balaban J connectivity index is 1.28.